The van der Waals surface area contributed by atoms with E-state index < -0.39 is 35.2 Å². The number of piperazine rings is 1. The Hall–Kier alpha value is -2.85. The van der Waals surface area contributed by atoms with Crippen LogP contribution in [0.1, 0.15) is 26.3 Å². The molecule has 11 heteroatoms. The minimum atomic E-state index is -4.52. The number of carbonyl (C=O) groups is 3. The number of aromatic nitrogens is 1. The molecule has 2 heterocycles. The molecular weight excluding hydrogens is 381 g/mol. The van der Waals surface area contributed by atoms with Crippen LogP contribution in [0.4, 0.5) is 23.8 Å². The van der Waals surface area contributed by atoms with Crippen LogP contribution in [0.15, 0.2) is 18.3 Å². The zero-order valence-corrected chi connectivity index (χ0v) is 15.7. The lowest BCUT2D eigenvalue weighted by atomic mass is 10.2. The Kier molecular flexibility index (Phi) is 6.15. The van der Waals surface area contributed by atoms with Crippen molar-refractivity contribution >= 4 is 23.7 Å². The Morgan fingerprint density at radius 2 is 1.89 bits per heavy atom. The van der Waals surface area contributed by atoms with Crippen LogP contribution in [0.25, 0.3) is 0 Å². The molecule has 8 nitrogen and oxygen atoms in total. The molecule has 1 aliphatic heterocycles. The lowest BCUT2D eigenvalue weighted by Gasteiger charge is -2.34. The number of hydrogen-bond donors (Lipinski definition) is 1. The average Bonchev–Trinajstić information content (AvgIpc) is 2.54. The molecule has 0 aliphatic carbocycles. The second-order valence-electron chi connectivity index (χ2n) is 7.20. The van der Waals surface area contributed by atoms with Crippen molar-refractivity contribution in [1.29, 1.82) is 0 Å². The van der Waals surface area contributed by atoms with Crippen molar-refractivity contribution in [1.82, 2.24) is 14.8 Å². The number of pyridine rings is 1. The van der Waals surface area contributed by atoms with Crippen LogP contribution in [0.2, 0.25) is 0 Å². The van der Waals surface area contributed by atoms with E-state index in [4.69, 9.17) is 4.74 Å². The van der Waals surface area contributed by atoms with Crippen LogP contribution in [0.5, 0.6) is 0 Å². The molecule has 1 fully saturated rings. The third-order valence-corrected chi connectivity index (χ3v) is 3.66. The standard InChI is InChI=1S/C17H21F3N4O4/c1-16(2,3)28-15(27)24-7-6-23(14(26)10-24)9-13(25)22-12-5-4-11(8-21-12)17(18,19)20/h4-5,8H,6-7,9-10H2,1-3H3,(H,21,22,25). The zero-order chi connectivity index (χ0) is 21.1. The third kappa shape index (κ3) is 6.10. The summed E-state index contributed by atoms with van der Waals surface area (Å²) < 4.78 is 42.7. The summed E-state index contributed by atoms with van der Waals surface area (Å²) in [5.41, 5.74) is -1.62. The predicted octanol–water partition coefficient (Wildman–Crippen LogP) is 2.12. The molecule has 0 radical (unpaired) electrons. The Bertz CT molecular complexity index is 744. The largest absolute Gasteiger partial charge is 0.444 e. The minimum Gasteiger partial charge on any atom is -0.444 e. The van der Waals surface area contributed by atoms with E-state index in [0.717, 1.165) is 12.1 Å². The molecule has 1 aromatic heterocycles. The summed E-state index contributed by atoms with van der Waals surface area (Å²) in [4.78, 5) is 42.2. The SMILES string of the molecule is CC(C)(C)OC(=O)N1CCN(CC(=O)Nc2ccc(C(F)(F)F)cn2)C(=O)C1. The van der Waals surface area contributed by atoms with Gasteiger partial charge in [0.05, 0.1) is 5.56 Å². The van der Waals surface area contributed by atoms with Gasteiger partial charge in [0, 0.05) is 19.3 Å². The maximum absolute atomic E-state index is 12.5. The molecule has 0 spiro atoms. The number of hydrogen-bond acceptors (Lipinski definition) is 5. The van der Waals surface area contributed by atoms with E-state index in [1.165, 1.54) is 9.80 Å². The molecule has 1 saturated heterocycles. The quantitative estimate of drug-likeness (QED) is 0.836. The first-order chi connectivity index (χ1) is 12.8. The number of nitrogens with zero attached hydrogens (tertiary/aromatic N) is 3. The molecule has 0 unspecified atom stereocenters. The van der Waals surface area contributed by atoms with Gasteiger partial charge in [-0.2, -0.15) is 13.2 Å². The summed E-state index contributed by atoms with van der Waals surface area (Å²) in [6.07, 6.45) is -4.52. The van der Waals surface area contributed by atoms with Crippen molar-refractivity contribution in [3.05, 3.63) is 23.9 Å². The van der Waals surface area contributed by atoms with Crippen molar-refractivity contribution in [2.24, 2.45) is 0 Å². The molecule has 154 valence electrons. The fraction of sp³-hybridized carbons (Fsp3) is 0.529. The number of halogens is 3. The minimum absolute atomic E-state index is 0.0576. The highest BCUT2D eigenvalue weighted by Crippen LogP contribution is 2.28. The molecule has 0 atom stereocenters. The number of amides is 3. The Morgan fingerprint density at radius 3 is 2.39 bits per heavy atom. The highest BCUT2D eigenvalue weighted by molar-refractivity contribution is 5.94. The van der Waals surface area contributed by atoms with Crippen LogP contribution >= 0.6 is 0 Å². The number of ether oxygens (including phenoxy) is 1. The molecular formula is C17H21F3N4O4. The zero-order valence-electron chi connectivity index (χ0n) is 15.7. The molecule has 3 amide bonds. The van der Waals surface area contributed by atoms with Crippen molar-refractivity contribution < 1.29 is 32.3 Å². The third-order valence-electron chi connectivity index (χ3n) is 3.66. The average molecular weight is 402 g/mol. The van der Waals surface area contributed by atoms with Gasteiger partial charge in [-0.3, -0.25) is 14.5 Å². The maximum Gasteiger partial charge on any atom is 0.417 e. The Labute approximate surface area is 159 Å². The van der Waals surface area contributed by atoms with E-state index in [1.54, 1.807) is 20.8 Å². The summed E-state index contributed by atoms with van der Waals surface area (Å²) in [7, 11) is 0. The first-order valence-electron chi connectivity index (χ1n) is 8.44. The van der Waals surface area contributed by atoms with Gasteiger partial charge >= 0.3 is 12.3 Å². The number of alkyl halides is 3. The number of carbonyl (C=O) groups excluding carboxylic acids is 3. The van der Waals surface area contributed by atoms with E-state index in [2.05, 4.69) is 10.3 Å². The van der Waals surface area contributed by atoms with Crippen molar-refractivity contribution in [2.75, 3.05) is 31.5 Å². The first kappa shape index (κ1) is 21.5. The van der Waals surface area contributed by atoms with E-state index in [0.29, 0.717) is 6.20 Å². The molecule has 1 N–H and O–H groups in total. The fourth-order valence-corrected chi connectivity index (χ4v) is 2.35. The van der Waals surface area contributed by atoms with Crippen LogP contribution in [-0.4, -0.2) is 64.5 Å². The maximum atomic E-state index is 12.5. The summed E-state index contributed by atoms with van der Waals surface area (Å²) in [6.45, 7) is 4.94. The summed E-state index contributed by atoms with van der Waals surface area (Å²) in [6, 6.07) is 1.83. The van der Waals surface area contributed by atoms with Gasteiger partial charge in [0.1, 0.15) is 24.5 Å². The molecule has 1 aliphatic rings. The normalized spacial score (nSPS) is 15.4. The van der Waals surface area contributed by atoms with E-state index in [9.17, 15) is 27.6 Å². The van der Waals surface area contributed by atoms with E-state index in [1.807, 2.05) is 0 Å². The van der Waals surface area contributed by atoms with Gasteiger partial charge in [0.2, 0.25) is 11.8 Å². The second-order valence-corrected chi connectivity index (χ2v) is 7.20. The van der Waals surface area contributed by atoms with Crippen LogP contribution in [0.3, 0.4) is 0 Å². The van der Waals surface area contributed by atoms with Crippen molar-refractivity contribution in [3.63, 3.8) is 0 Å². The fourth-order valence-electron chi connectivity index (χ4n) is 2.35. The highest BCUT2D eigenvalue weighted by atomic mass is 19.4. The molecule has 0 saturated carbocycles. The number of anilines is 1. The summed E-state index contributed by atoms with van der Waals surface area (Å²) in [5, 5.41) is 2.34. The highest BCUT2D eigenvalue weighted by Gasteiger charge is 2.32. The monoisotopic (exact) mass is 402 g/mol. The summed E-state index contributed by atoms with van der Waals surface area (Å²) in [5.74, 6) is -1.10. The van der Waals surface area contributed by atoms with Gasteiger partial charge < -0.3 is 15.0 Å². The molecule has 1 aromatic rings. The first-order valence-corrected chi connectivity index (χ1v) is 8.44. The van der Waals surface area contributed by atoms with Gasteiger partial charge in [-0.1, -0.05) is 0 Å². The molecule has 2 rings (SSSR count). The van der Waals surface area contributed by atoms with Crippen LogP contribution < -0.4 is 5.32 Å². The van der Waals surface area contributed by atoms with Gasteiger partial charge in [-0.15, -0.1) is 0 Å². The lowest BCUT2D eigenvalue weighted by Crippen LogP contribution is -2.54. The van der Waals surface area contributed by atoms with Crippen molar-refractivity contribution in [2.45, 2.75) is 32.5 Å². The number of rotatable bonds is 3. The van der Waals surface area contributed by atoms with Gasteiger partial charge in [0.25, 0.3) is 0 Å². The van der Waals surface area contributed by atoms with E-state index in [-0.39, 0.29) is 32.0 Å². The second kappa shape index (κ2) is 8.03. The van der Waals surface area contributed by atoms with Crippen molar-refractivity contribution in [3.8, 4) is 0 Å². The lowest BCUT2D eigenvalue weighted by molar-refractivity contribution is -0.139. The van der Waals surface area contributed by atoms with Crippen LogP contribution in [-0.2, 0) is 20.5 Å². The van der Waals surface area contributed by atoms with Gasteiger partial charge in [0.15, 0.2) is 0 Å². The molecule has 28 heavy (non-hydrogen) atoms. The Morgan fingerprint density at radius 1 is 1.21 bits per heavy atom. The van der Waals surface area contributed by atoms with Gasteiger partial charge in [-0.05, 0) is 32.9 Å². The van der Waals surface area contributed by atoms with Gasteiger partial charge in [-0.25, -0.2) is 9.78 Å². The smallest absolute Gasteiger partial charge is 0.417 e. The predicted molar refractivity (Wildman–Crippen MR) is 92.3 cm³/mol. The topological polar surface area (TPSA) is 91.8 Å². The Balaban J connectivity index is 1.86. The number of nitrogens with one attached hydrogen (secondary N) is 1. The summed E-state index contributed by atoms with van der Waals surface area (Å²) >= 11 is 0. The molecule has 0 bridgehead atoms. The molecule has 0 aromatic carbocycles. The van der Waals surface area contributed by atoms with Crippen LogP contribution in [0, 0.1) is 0 Å². The van der Waals surface area contributed by atoms with E-state index >= 15 is 0 Å².